The van der Waals surface area contributed by atoms with Gasteiger partial charge in [-0.3, -0.25) is 9.79 Å². The summed E-state index contributed by atoms with van der Waals surface area (Å²) in [6.45, 7) is 5.23. The summed E-state index contributed by atoms with van der Waals surface area (Å²) in [5.74, 6) is 0.680. The largest absolute Gasteiger partial charge is 0.469 e. The van der Waals surface area contributed by atoms with Crippen LogP contribution in [0.3, 0.4) is 0 Å². The number of carbonyl (C=O) groups excluding carboxylic acids is 1. The minimum absolute atomic E-state index is 0. The van der Waals surface area contributed by atoms with Gasteiger partial charge in [-0.2, -0.15) is 0 Å². The summed E-state index contributed by atoms with van der Waals surface area (Å²) in [5.41, 5.74) is 0. The Kier molecular flexibility index (Phi) is 18.9. The number of unbranched alkanes of at least 4 members (excludes halogenated alkanes) is 2. The highest BCUT2D eigenvalue weighted by Crippen LogP contribution is 1.99. The summed E-state index contributed by atoms with van der Waals surface area (Å²) in [6.07, 6.45) is 4.35. The van der Waals surface area contributed by atoms with Gasteiger partial charge in [-0.05, 0) is 26.2 Å². The lowest BCUT2D eigenvalue weighted by atomic mass is 10.2. The van der Waals surface area contributed by atoms with Crippen molar-refractivity contribution < 1.29 is 14.3 Å². The van der Waals surface area contributed by atoms with Crippen LogP contribution < -0.4 is 10.6 Å². The molecule has 0 heterocycles. The smallest absolute Gasteiger partial charge is 0.305 e. The molecule has 0 aromatic carbocycles. The molecule has 21 heavy (non-hydrogen) atoms. The third-order valence-electron chi connectivity index (χ3n) is 2.76. The maximum atomic E-state index is 10.9. The maximum Gasteiger partial charge on any atom is 0.305 e. The van der Waals surface area contributed by atoms with Gasteiger partial charge in [0.05, 0.1) is 7.11 Å². The van der Waals surface area contributed by atoms with E-state index in [9.17, 15) is 4.79 Å². The number of guanidine groups is 1. The van der Waals surface area contributed by atoms with E-state index in [0.29, 0.717) is 6.42 Å². The Morgan fingerprint density at radius 2 is 1.76 bits per heavy atom. The van der Waals surface area contributed by atoms with Crippen LogP contribution in [0.2, 0.25) is 0 Å². The Balaban J connectivity index is 0. The van der Waals surface area contributed by atoms with Crippen LogP contribution in [0.15, 0.2) is 4.99 Å². The molecule has 0 aromatic heterocycles. The first-order valence-electron chi connectivity index (χ1n) is 7.33. The van der Waals surface area contributed by atoms with Gasteiger partial charge in [0.2, 0.25) is 0 Å². The van der Waals surface area contributed by atoms with E-state index in [4.69, 9.17) is 4.74 Å². The summed E-state index contributed by atoms with van der Waals surface area (Å²) in [4.78, 5) is 15.1. The zero-order chi connectivity index (χ0) is 15.1. The van der Waals surface area contributed by atoms with E-state index >= 15 is 0 Å². The number of carbonyl (C=O) groups is 1. The second-order valence-corrected chi connectivity index (χ2v) is 4.36. The predicted octanol–water partition coefficient (Wildman–Crippen LogP) is 1.93. The second kappa shape index (κ2) is 17.5. The van der Waals surface area contributed by atoms with Gasteiger partial charge in [0.1, 0.15) is 0 Å². The van der Waals surface area contributed by atoms with E-state index in [2.05, 4.69) is 20.4 Å². The van der Waals surface area contributed by atoms with Crippen LogP contribution >= 0.6 is 24.0 Å². The lowest BCUT2D eigenvalue weighted by Gasteiger charge is -2.11. The lowest BCUT2D eigenvalue weighted by molar-refractivity contribution is -0.140. The van der Waals surface area contributed by atoms with Gasteiger partial charge in [-0.1, -0.05) is 6.42 Å². The predicted molar refractivity (Wildman–Crippen MR) is 96.4 cm³/mol. The zero-order valence-electron chi connectivity index (χ0n) is 13.4. The van der Waals surface area contributed by atoms with Gasteiger partial charge in [0.15, 0.2) is 5.96 Å². The van der Waals surface area contributed by atoms with Crippen LogP contribution in [0.4, 0.5) is 0 Å². The molecule has 0 aliphatic rings. The van der Waals surface area contributed by atoms with Gasteiger partial charge in [-0.15, -0.1) is 24.0 Å². The van der Waals surface area contributed by atoms with Crippen molar-refractivity contribution in [3.63, 3.8) is 0 Å². The topological polar surface area (TPSA) is 72.0 Å². The van der Waals surface area contributed by atoms with E-state index in [1.54, 1.807) is 7.05 Å². The van der Waals surface area contributed by atoms with Gasteiger partial charge in [-0.25, -0.2) is 0 Å². The SMILES string of the molecule is CCOCCCNC(=NC)NCCCCCC(=O)OC.I. The average Bonchev–Trinajstić information content (AvgIpc) is 2.47. The van der Waals surface area contributed by atoms with Crippen molar-refractivity contribution >= 4 is 35.9 Å². The molecule has 0 spiro atoms. The van der Waals surface area contributed by atoms with Crippen molar-refractivity contribution in [2.24, 2.45) is 4.99 Å². The molecule has 0 unspecified atom stereocenters. The van der Waals surface area contributed by atoms with Gasteiger partial charge in [0.25, 0.3) is 0 Å². The summed E-state index contributed by atoms with van der Waals surface area (Å²) in [6, 6.07) is 0. The number of nitrogens with zero attached hydrogens (tertiary/aromatic N) is 1. The first-order valence-corrected chi connectivity index (χ1v) is 7.33. The monoisotopic (exact) mass is 415 g/mol. The molecule has 0 saturated heterocycles. The minimum atomic E-state index is -0.135. The highest BCUT2D eigenvalue weighted by Gasteiger charge is 2.00. The summed E-state index contributed by atoms with van der Waals surface area (Å²) in [7, 11) is 3.18. The summed E-state index contributed by atoms with van der Waals surface area (Å²) in [5, 5.41) is 6.48. The molecule has 6 nitrogen and oxygen atoms in total. The Labute approximate surface area is 145 Å². The third kappa shape index (κ3) is 15.6. The van der Waals surface area contributed by atoms with Crippen molar-refractivity contribution in [1.82, 2.24) is 10.6 Å². The molecule has 0 saturated carbocycles. The molecule has 0 amide bonds. The first-order chi connectivity index (χ1) is 9.74. The average molecular weight is 415 g/mol. The van der Waals surface area contributed by atoms with Crippen LogP contribution in [0.25, 0.3) is 0 Å². The molecule has 126 valence electrons. The van der Waals surface area contributed by atoms with Crippen LogP contribution in [0, 0.1) is 0 Å². The van der Waals surface area contributed by atoms with Crippen LogP contribution in [0.5, 0.6) is 0 Å². The minimum Gasteiger partial charge on any atom is -0.469 e. The number of aliphatic imine (C=N–C) groups is 1. The van der Waals surface area contributed by atoms with Gasteiger partial charge < -0.3 is 20.1 Å². The van der Waals surface area contributed by atoms with Gasteiger partial charge in [0, 0.05) is 39.8 Å². The number of nitrogens with one attached hydrogen (secondary N) is 2. The Bertz CT molecular complexity index is 276. The zero-order valence-corrected chi connectivity index (χ0v) is 15.8. The number of halogens is 1. The van der Waals surface area contributed by atoms with Crippen molar-refractivity contribution in [2.75, 3.05) is 40.5 Å². The molecular formula is C14H30IN3O3. The molecule has 0 aliphatic carbocycles. The molecule has 0 atom stereocenters. The van der Waals surface area contributed by atoms with Gasteiger partial charge >= 0.3 is 5.97 Å². The normalized spacial score (nSPS) is 10.7. The number of esters is 1. The molecule has 0 bridgehead atoms. The second-order valence-electron chi connectivity index (χ2n) is 4.36. The molecule has 2 N–H and O–H groups in total. The van der Waals surface area contributed by atoms with Crippen molar-refractivity contribution in [3.8, 4) is 0 Å². The fourth-order valence-corrected chi connectivity index (χ4v) is 1.63. The standard InChI is InChI=1S/C14H29N3O3.HI/c1-4-20-12-8-11-17-14(15-2)16-10-7-5-6-9-13(18)19-3;/h4-12H2,1-3H3,(H2,15,16,17);1H. The fourth-order valence-electron chi connectivity index (χ4n) is 1.63. The molecule has 0 fully saturated rings. The maximum absolute atomic E-state index is 10.9. The fraction of sp³-hybridized carbons (Fsp3) is 0.857. The van der Waals surface area contributed by atoms with Crippen LogP contribution in [-0.2, 0) is 14.3 Å². The number of rotatable bonds is 11. The highest BCUT2D eigenvalue weighted by atomic mass is 127. The number of hydrogen-bond donors (Lipinski definition) is 2. The Hall–Kier alpha value is -0.570. The van der Waals surface area contributed by atoms with E-state index in [1.165, 1.54) is 7.11 Å². The third-order valence-corrected chi connectivity index (χ3v) is 2.76. The molecular weight excluding hydrogens is 385 g/mol. The van der Waals surface area contributed by atoms with Crippen LogP contribution in [0.1, 0.15) is 39.0 Å². The number of methoxy groups -OCH3 is 1. The Morgan fingerprint density at radius 1 is 1.10 bits per heavy atom. The molecule has 0 rings (SSSR count). The quantitative estimate of drug-likeness (QED) is 0.177. The van der Waals surface area contributed by atoms with Crippen LogP contribution in [-0.4, -0.2) is 52.4 Å². The molecule has 0 aliphatic heterocycles. The molecule has 0 aromatic rings. The molecule has 7 heteroatoms. The Morgan fingerprint density at radius 3 is 2.33 bits per heavy atom. The van der Waals surface area contributed by atoms with Crippen molar-refractivity contribution in [3.05, 3.63) is 0 Å². The number of hydrogen-bond acceptors (Lipinski definition) is 4. The van der Waals surface area contributed by atoms with E-state index < -0.39 is 0 Å². The highest BCUT2D eigenvalue weighted by molar-refractivity contribution is 14.0. The van der Waals surface area contributed by atoms with E-state index in [-0.39, 0.29) is 29.9 Å². The summed E-state index contributed by atoms with van der Waals surface area (Å²) < 4.78 is 9.86. The molecule has 0 radical (unpaired) electrons. The van der Waals surface area contributed by atoms with Crippen molar-refractivity contribution in [1.29, 1.82) is 0 Å². The van der Waals surface area contributed by atoms with E-state index in [0.717, 1.165) is 57.9 Å². The summed E-state index contributed by atoms with van der Waals surface area (Å²) >= 11 is 0. The number of ether oxygens (including phenoxy) is 2. The van der Waals surface area contributed by atoms with Crippen molar-refractivity contribution in [2.45, 2.75) is 39.0 Å². The van der Waals surface area contributed by atoms with E-state index in [1.807, 2.05) is 6.92 Å². The lowest BCUT2D eigenvalue weighted by Crippen LogP contribution is -2.38. The first kappa shape index (κ1) is 22.7.